The molecule has 25 heavy (non-hydrogen) atoms. The number of ketones is 2. The maximum Gasteiger partial charge on any atom is 0.141 e. The number of carbonyl (C=O) groups excluding carboxylic acids is 2. The smallest absolute Gasteiger partial charge is 0.141 e. The molecule has 1 aromatic heterocycles. The van der Waals surface area contributed by atoms with Crippen LogP contribution in [0.15, 0.2) is 12.1 Å². The summed E-state index contributed by atoms with van der Waals surface area (Å²) in [6.07, 6.45) is 7.59. The van der Waals surface area contributed by atoms with Gasteiger partial charge in [0.2, 0.25) is 0 Å². The minimum atomic E-state index is -0.350. The van der Waals surface area contributed by atoms with Gasteiger partial charge in [-0.25, -0.2) is 0 Å². The number of hydrogen-bond acceptors (Lipinski definition) is 4. The second-order valence-corrected chi connectivity index (χ2v) is 7.10. The molecular weight excluding hydrogens is 319 g/mol. The summed E-state index contributed by atoms with van der Waals surface area (Å²) in [5.74, 6) is 1.29. The van der Waals surface area contributed by atoms with E-state index in [1.54, 1.807) is 0 Å². The SMILES string of the molecule is CCC(=O)CCC1CCC(C(=O)Cc2ccc(CCCF)nn2)CC1. The Kier molecular flexibility index (Phi) is 8.16. The lowest BCUT2D eigenvalue weighted by Gasteiger charge is -2.27. The zero-order chi connectivity index (χ0) is 18.1. The van der Waals surface area contributed by atoms with Gasteiger partial charge in [0.25, 0.3) is 0 Å². The molecule has 2 rings (SSSR count). The van der Waals surface area contributed by atoms with Gasteiger partial charge in [-0.05, 0) is 63.0 Å². The van der Waals surface area contributed by atoms with Crippen LogP contribution in [0.1, 0.15) is 69.7 Å². The molecule has 0 atom stereocenters. The standard InChI is InChI=1S/C20H29FN2O2/c1-2-19(24)12-7-15-5-8-16(9-6-15)20(25)14-18-11-10-17(22-23-18)4-3-13-21/h10-11,15-16H,2-9,12-14H2,1H3. The largest absolute Gasteiger partial charge is 0.300 e. The van der Waals surface area contributed by atoms with Crippen molar-refractivity contribution in [2.24, 2.45) is 11.8 Å². The second-order valence-electron chi connectivity index (χ2n) is 7.10. The molecule has 1 aliphatic carbocycles. The van der Waals surface area contributed by atoms with E-state index in [1.807, 2.05) is 19.1 Å². The van der Waals surface area contributed by atoms with E-state index in [2.05, 4.69) is 10.2 Å². The first-order valence-electron chi connectivity index (χ1n) is 9.54. The number of alkyl halides is 1. The van der Waals surface area contributed by atoms with Gasteiger partial charge in [-0.1, -0.05) is 6.92 Å². The summed E-state index contributed by atoms with van der Waals surface area (Å²) >= 11 is 0. The highest BCUT2D eigenvalue weighted by atomic mass is 19.1. The fourth-order valence-electron chi connectivity index (χ4n) is 3.50. The maximum atomic E-state index is 12.5. The average molecular weight is 348 g/mol. The van der Waals surface area contributed by atoms with Crippen LogP contribution in [0.25, 0.3) is 0 Å². The Balaban J connectivity index is 1.74. The first kappa shape index (κ1) is 19.7. The van der Waals surface area contributed by atoms with E-state index in [9.17, 15) is 14.0 Å². The molecule has 4 nitrogen and oxygen atoms in total. The van der Waals surface area contributed by atoms with Crippen LogP contribution in [0.5, 0.6) is 0 Å². The van der Waals surface area contributed by atoms with Gasteiger partial charge < -0.3 is 0 Å². The average Bonchev–Trinajstić information content (AvgIpc) is 2.65. The number of carbonyl (C=O) groups is 2. The van der Waals surface area contributed by atoms with Crippen LogP contribution in [-0.2, 0) is 22.4 Å². The molecule has 0 saturated heterocycles. The summed E-state index contributed by atoms with van der Waals surface area (Å²) in [6, 6.07) is 3.67. The van der Waals surface area contributed by atoms with Crippen molar-refractivity contribution in [3.63, 3.8) is 0 Å². The van der Waals surface area contributed by atoms with Crippen molar-refractivity contribution >= 4 is 11.6 Å². The van der Waals surface area contributed by atoms with Crippen LogP contribution in [-0.4, -0.2) is 28.4 Å². The molecule has 0 bridgehead atoms. The summed E-state index contributed by atoms with van der Waals surface area (Å²) < 4.78 is 12.2. The number of aromatic nitrogens is 2. The quantitative estimate of drug-likeness (QED) is 0.640. The fourth-order valence-corrected chi connectivity index (χ4v) is 3.50. The van der Waals surface area contributed by atoms with E-state index >= 15 is 0 Å². The lowest BCUT2D eigenvalue weighted by molar-refractivity contribution is -0.124. The van der Waals surface area contributed by atoms with Crippen molar-refractivity contribution in [2.75, 3.05) is 6.67 Å². The molecule has 0 unspecified atom stereocenters. The number of aryl methyl sites for hydroxylation is 1. The monoisotopic (exact) mass is 348 g/mol. The van der Waals surface area contributed by atoms with E-state index in [1.165, 1.54) is 0 Å². The van der Waals surface area contributed by atoms with E-state index in [0.717, 1.165) is 37.8 Å². The molecule has 1 fully saturated rings. The third kappa shape index (κ3) is 6.63. The second kappa shape index (κ2) is 10.4. The molecule has 1 heterocycles. The highest BCUT2D eigenvalue weighted by molar-refractivity contribution is 5.83. The van der Waals surface area contributed by atoms with Crippen LogP contribution in [0.3, 0.4) is 0 Å². The Labute approximate surface area is 149 Å². The Bertz CT molecular complexity index is 551. The Morgan fingerprint density at radius 3 is 2.40 bits per heavy atom. The topological polar surface area (TPSA) is 59.9 Å². The molecule has 0 aliphatic heterocycles. The van der Waals surface area contributed by atoms with Crippen LogP contribution < -0.4 is 0 Å². The van der Waals surface area contributed by atoms with E-state index < -0.39 is 0 Å². The molecule has 138 valence electrons. The van der Waals surface area contributed by atoms with Gasteiger partial charge in [0.05, 0.1) is 24.5 Å². The van der Waals surface area contributed by atoms with Crippen LogP contribution >= 0.6 is 0 Å². The van der Waals surface area contributed by atoms with E-state index in [0.29, 0.717) is 49.5 Å². The molecule has 1 saturated carbocycles. The van der Waals surface area contributed by atoms with Crippen LogP contribution in [0.4, 0.5) is 4.39 Å². The lowest BCUT2D eigenvalue weighted by Crippen LogP contribution is -2.24. The highest BCUT2D eigenvalue weighted by Gasteiger charge is 2.26. The predicted octanol–water partition coefficient (Wildman–Crippen LogP) is 4.06. The first-order chi connectivity index (χ1) is 12.1. The van der Waals surface area contributed by atoms with E-state index in [4.69, 9.17) is 0 Å². The van der Waals surface area contributed by atoms with Gasteiger partial charge in [0, 0.05) is 18.8 Å². The van der Waals surface area contributed by atoms with Crippen molar-refractivity contribution in [3.05, 3.63) is 23.5 Å². The molecule has 5 heteroatoms. The Hall–Kier alpha value is -1.65. The summed E-state index contributed by atoms with van der Waals surface area (Å²) in [7, 11) is 0. The molecular formula is C20H29FN2O2. The van der Waals surface area contributed by atoms with Gasteiger partial charge >= 0.3 is 0 Å². The Morgan fingerprint density at radius 2 is 1.80 bits per heavy atom. The van der Waals surface area contributed by atoms with Crippen molar-refractivity contribution in [3.8, 4) is 0 Å². The zero-order valence-corrected chi connectivity index (χ0v) is 15.2. The maximum absolute atomic E-state index is 12.5. The molecule has 0 spiro atoms. The van der Waals surface area contributed by atoms with Crippen molar-refractivity contribution < 1.29 is 14.0 Å². The van der Waals surface area contributed by atoms with Crippen molar-refractivity contribution in [1.29, 1.82) is 0 Å². The van der Waals surface area contributed by atoms with Gasteiger partial charge in [-0.15, -0.1) is 0 Å². The number of hydrogen-bond donors (Lipinski definition) is 0. The van der Waals surface area contributed by atoms with Crippen molar-refractivity contribution in [2.45, 2.75) is 71.1 Å². The van der Waals surface area contributed by atoms with Gasteiger partial charge in [0.1, 0.15) is 11.6 Å². The third-order valence-corrected chi connectivity index (χ3v) is 5.22. The molecule has 0 N–H and O–H groups in total. The summed E-state index contributed by atoms with van der Waals surface area (Å²) in [6.45, 7) is 1.56. The number of Topliss-reactive ketones (excluding diaryl/α,β-unsaturated/α-hetero) is 2. The van der Waals surface area contributed by atoms with Crippen LogP contribution in [0.2, 0.25) is 0 Å². The molecule has 0 aromatic carbocycles. The van der Waals surface area contributed by atoms with Gasteiger partial charge in [-0.3, -0.25) is 14.0 Å². The minimum absolute atomic E-state index is 0.117. The summed E-state index contributed by atoms with van der Waals surface area (Å²) in [5, 5.41) is 8.18. The van der Waals surface area contributed by atoms with Gasteiger partial charge in [-0.2, -0.15) is 10.2 Å². The van der Waals surface area contributed by atoms with E-state index in [-0.39, 0.29) is 18.4 Å². The third-order valence-electron chi connectivity index (χ3n) is 5.22. The summed E-state index contributed by atoms with van der Waals surface area (Å²) in [4.78, 5) is 23.9. The Morgan fingerprint density at radius 1 is 1.12 bits per heavy atom. The molecule has 0 radical (unpaired) electrons. The predicted molar refractivity (Wildman–Crippen MR) is 95.0 cm³/mol. The van der Waals surface area contributed by atoms with Gasteiger partial charge in [0.15, 0.2) is 0 Å². The minimum Gasteiger partial charge on any atom is -0.300 e. The molecule has 1 aromatic rings. The molecule has 0 amide bonds. The number of nitrogens with zero attached hydrogens (tertiary/aromatic N) is 2. The molecule has 1 aliphatic rings. The number of rotatable bonds is 10. The summed E-state index contributed by atoms with van der Waals surface area (Å²) in [5.41, 5.74) is 1.47. The van der Waals surface area contributed by atoms with Crippen molar-refractivity contribution in [1.82, 2.24) is 10.2 Å². The zero-order valence-electron chi connectivity index (χ0n) is 15.2. The first-order valence-corrected chi connectivity index (χ1v) is 9.54. The number of halogens is 1. The fraction of sp³-hybridized carbons (Fsp3) is 0.700. The van der Waals surface area contributed by atoms with Crippen LogP contribution in [0, 0.1) is 11.8 Å². The highest BCUT2D eigenvalue weighted by Crippen LogP contribution is 2.32. The normalized spacial score (nSPS) is 20.4. The lowest BCUT2D eigenvalue weighted by atomic mass is 9.77.